The molecule has 14 rings (SSSR count). The predicted molar refractivity (Wildman–Crippen MR) is 407 cm³/mol. The number of hydrogen-bond donors (Lipinski definition) is 4. The van der Waals surface area contributed by atoms with Gasteiger partial charge >= 0.3 is 6.18 Å². The monoisotopic (exact) mass is 1450 g/mol. The largest absolute Gasteiger partial charge is 0.416 e. The lowest BCUT2D eigenvalue weighted by molar-refractivity contribution is -0.137. The highest BCUT2D eigenvalue weighted by molar-refractivity contribution is 7.23. The molecule has 0 spiro atoms. The van der Waals surface area contributed by atoms with Gasteiger partial charge in [-0.25, -0.2) is 15.0 Å². The highest BCUT2D eigenvalue weighted by Gasteiger charge is 2.33. The third-order valence-corrected chi connectivity index (χ3v) is 26.4. The van der Waals surface area contributed by atoms with Gasteiger partial charge in [0.2, 0.25) is 0 Å². The Kier molecular flexibility index (Phi) is 24.5. The second-order valence-corrected chi connectivity index (χ2v) is 33.5. The number of carbonyl (C=O) groups excluding carboxylic acids is 3. The first-order valence-electron chi connectivity index (χ1n) is 35.3. The maximum Gasteiger partial charge on any atom is 0.416 e. The molecule has 3 aliphatic heterocycles. The summed E-state index contributed by atoms with van der Waals surface area (Å²) in [5.41, 5.74) is 13.6. The summed E-state index contributed by atoms with van der Waals surface area (Å²) < 4.78 is 42.5. The number of hydrogen-bond acceptors (Lipinski definition) is 17. The zero-order valence-corrected chi connectivity index (χ0v) is 62.3. The molecule has 0 bridgehead atoms. The molecule has 99 heavy (non-hydrogen) atoms. The van der Waals surface area contributed by atoms with Crippen LogP contribution in [0, 0.1) is 17.8 Å². The Hall–Kier alpha value is -6.53. The van der Waals surface area contributed by atoms with E-state index >= 15 is 0 Å². The molecule has 4 N–H and O–H groups in total. The Morgan fingerprint density at radius 1 is 0.495 bits per heavy atom. The van der Waals surface area contributed by atoms with Crippen molar-refractivity contribution >= 4 is 116 Å². The van der Waals surface area contributed by atoms with Gasteiger partial charge in [0.05, 0.1) is 42.4 Å². The number of benzene rings is 3. The van der Waals surface area contributed by atoms with Crippen LogP contribution in [0.5, 0.6) is 0 Å². The van der Waals surface area contributed by atoms with Crippen LogP contribution in [0.15, 0.2) is 91.5 Å². The Morgan fingerprint density at radius 2 is 0.899 bits per heavy atom. The maximum atomic E-state index is 13.1. The molecule has 0 amide bonds. The topological polar surface area (TPSA) is 168 Å². The van der Waals surface area contributed by atoms with E-state index in [0.29, 0.717) is 73.4 Å². The minimum Gasteiger partial charge on any atom is -0.312 e. The van der Waals surface area contributed by atoms with Crippen LogP contribution in [0.1, 0.15) is 170 Å². The van der Waals surface area contributed by atoms with Crippen LogP contribution >= 0.6 is 68.0 Å². The summed E-state index contributed by atoms with van der Waals surface area (Å²) in [7, 11) is 0. The zero-order chi connectivity index (χ0) is 69.2. The van der Waals surface area contributed by atoms with Crippen molar-refractivity contribution < 1.29 is 27.6 Å². The third kappa shape index (κ3) is 17.9. The highest BCUT2D eigenvalue weighted by Crippen LogP contribution is 2.47. The van der Waals surface area contributed by atoms with Crippen LogP contribution < -0.4 is 16.0 Å². The van der Waals surface area contributed by atoms with Crippen LogP contribution in [0.2, 0.25) is 0 Å². The van der Waals surface area contributed by atoms with Crippen molar-refractivity contribution in [3.05, 3.63) is 143 Å². The van der Waals surface area contributed by atoms with Gasteiger partial charge in [-0.3, -0.25) is 24.5 Å². The second kappa shape index (κ2) is 33.5. The van der Waals surface area contributed by atoms with Gasteiger partial charge in [-0.1, -0.05) is 98.3 Å². The molecule has 0 aliphatic carbocycles. The van der Waals surface area contributed by atoms with Crippen molar-refractivity contribution in [3.63, 3.8) is 0 Å². The predicted octanol–water partition coefficient (Wildman–Crippen LogP) is 20.5. The number of Topliss-reactive ketones (excluding diaryl/α,β-unsaturated/α-hetero) is 3. The lowest BCUT2D eigenvalue weighted by Crippen LogP contribution is -2.22. The minimum atomic E-state index is -4.39. The number of carbonyl (C=O) groups is 3. The second-order valence-electron chi connectivity index (χ2n) is 26.9. The van der Waals surface area contributed by atoms with Gasteiger partial charge in [0.1, 0.15) is 32.4 Å². The summed E-state index contributed by atoms with van der Waals surface area (Å²) in [5, 5.41) is 20.1. The quantitative estimate of drug-likeness (QED) is 0.0407. The number of alkyl halides is 3. The first-order valence-corrected chi connectivity index (χ1v) is 40.2. The summed E-state index contributed by atoms with van der Waals surface area (Å²) >= 11 is 10.2. The van der Waals surface area contributed by atoms with Crippen molar-refractivity contribution in [2.75, 3.05) is 19.6 Å². The number of fused-ring (bicyclic) bond motifs is 6. The summed E-state index contributed by atoms with van der Waals surface area (Å²) in [6.45, 7) is 18.7. The number of halogens is 3. The number of nitrogens with zero attached hydrogens (tertiary/aromatic N) is 5. The van der Waals surface area contributed by atoms with E-state index in [1.165, 1.54) is 91.8 Å². The van der Waals surface area contributed by atoms with Gasteiger partial charge < -0.3 is 16.0 Å². The molecule has 11 aromatic rings. The average Bonchev–Trinajstić information content (AvgIpc) is 1.63. The van der Waals surface area contributed by atoms with E-state index in [2.05, 4.69) is 120 Å². The van der Waals surface area contributed by atoms with E-state index in [4.69, 9.17) is 9.97 Å². The summed E-state index contributed by atoms with van der Waals surface area (Å²) in [6, 6.07) is 20.7. The summed E-state index contributed by atoms with van der Waals surface area (Å²) in [4.78, 5) is 64.9. The van der Waals surface area contributed by atoms with Crippen LogP contribution in [0.25, 0.3) is 84.6 Å². The van der Waals surface area contributed by atoms with E-state index in [-0.39, 0.29) is 5.78 Å². The first kappa shape index (κ1) is 72.3. The number of H-pyrrole nitrogens is 1. The van der Waals surface area contributed by atoms with Gasteiger partial charge in [0, 0.05) is 134 Å². The Bertz CT molecular complexity index is 4580. The molecule has 3 aromatic carbocycles. The molecular formula is C78H88F3N9O3S6. The smallest absolute Gasteiger partial charge is 0.312 e. The van der Waals surface area contributed by atoms with E-state index < -0.39 is 11.7 Å². The third-order valence-electron chi connectivity index (χ3n) is 19.6. The number of thiophene rings is 3. The van der Waals surface area contributed by atoms with Crippen LogP contribution in [0.3, 0.4) is 0 Å². The molecule has 0 saturated carbocycles. The fraction of sp³-hybridized carbons (Fsp3) is 0.436. The molecule has 0 saturated heterocycles. The minimum absolute atomic E-state index is 0.224. The molecule has 8 aromatic heterocycles. The number of thiazole rings is 3. The average molecular weight is 1450 g/mol. The Morgan fingerprint density at radius 3 is 1.27 bits per heavy atom. The number of aromatic nitrogens is 6. The molecule has 3 atom stereocenters. The van der Waals surface area contributed by atoms with Crippen molar-refractivity contribution in [1.29, 1.82) is 0 Å². The Balaban J connectivity index is 0.000000141. The van der Waals surface area contributed by atoms with Crippen molar-refractivity contribution in [1.82, 2.24) is 46.1 Å². The van der Waals surface area contributed by atoms with Gasteiger partial charge in [-0.2, -0.15) is 18.3 Å². The van der Waals surface area contributed by atoms with Crippen molar-refractivity contribution in [2.45, 2.75) is 183 Å². The zero-order valence-electron chi connectivity index (χ0n) is 57.4. The number of pyridine rings is 1. The summed E-state index contributed by atoms with van der Waals surface area (Å²) in [6.07, 6.45) is 18.9. The molecule has 3 aliphatic rings. The van der Waals surface area contributed by atoms with E-state index in [0.717, 1.165) is 179 Å². The van der Waals surface area contributed by atoms with Crippen molar-refractivity contribution in [2.24, 2.45) is 17.8 Å². The SMILES string of the molecule is CCC(C)CCCC(=O)Cc1sc2c(c1-c1nc3cc(-c4cccnc4)ccc3s1)CCNC2.CCC(C)CCCC(=O)Cc1sc2c(c1-c1nc3cc(-c4cn[nH]c4)ccc3s1)CCNC2.CC[C@H](C)CCCC(=O)Cc1sc2c(c1-c1nc3cc(C(F)(F)F)ccc3s1)CCNC2. The fourth-order valence-corrected chi connectivity index (χ4v) is 20.6. The number of rotatable bonds is 26. The maximum absolute atomic E-state index is 13.1. The fourth-order valence-electron chi connectivity index (χ4n) is 13.2. The highest BCUT2D eigenvalue weighted by atomic mass is 32.1. The van der Waals surface area contributed by atoms with Gasteiger partial charge in [0.15, 0.2) is 0 Å². The number of ketones is 3. The van der Waals surface area contributed by atoms with Gasteiger partial charge in [-0.05, 0) is 152 Å². The van der Waals surface area contributed by atoms with E-state index in [9.17, 15) is 27.6 Å². The van der Waals surface area contributed by atoms with E-state index in [1.54, 1.807) is 40.2 Å². The number of nitrogens with one attached hydrogen (secondary N) is 4. The molecule has 21 heteroatoms. The molecule has 0 radical (unpaired) electrons. The molecule has 2 unspecified atom stereocenters. The molecule has 12 nitrogen and oxygen atoms in total. The Labute approximate surface area is 602 Å². The van der Waals surface area contributed by atoms with Gasteiger partial charge in [0.25, 0.3) is 0 Å². The first-order chi connectivity index (χ1) is 48.0. The molecule has 11 heterocycles. The summed E-state index contributed by atoms with van der Waals surface area (Å²) in [5.74, 6) is 2.96. The van der Waals surface area contributed by atoms with Crippen molar-refractivity contribution in [3.8, 4) is 54.0 Å². The molecule has 520 valence electrons. The van der Waals surface area contributed by atoms with E-state index in [1.807, 2.05) is 47.3 Å². The number of aromatic amines is 1. The van der Waals surface area contributed by atoms with Crippen LogP contribution in [-0.4, -0.2) is 67.1 Å². The normalized spacial score (nSPS) is 14.6. The van der Waals surface area contributed by atoms with Crippen LogP contribution in [-0.2, 0) is 78.7 Å². The lowest BCUT2D eigenvalue weighted by atomic mass is 9.98. The molecular weight excluding hydrogens is 1360 g/mol. The van der Waals surface area contributed by atoms with Crippen LogP contribution in [0.4, 0.5) is 13.2 Å². The standard InChI is InChI=1S/C28H31N3OS2.C26H30N4OS2.C24H27F3N2OS2/c1-3-18(2)6-4-8-21(32)15-25-27(22-11-13-30-17-26(22)33-25)28-31-23-14-19(9-10-24(23)34-28)20-7-5-12-29-16-20;1-3-16(2)5-4-6-19(31)12-23-25(20-9-10-27-15-24(20)32-23)26-30-21-11-17(7-8-22(21)33-26)18-13-28-29-14-18;1-3-14(2)5-4-6-16(30)12-20-22(17-9-10-28-13-21(17)31-20)23-29-18-11-15(24(25,26)27)7-8-19(18)32-23/h5,7,9-10,12,14,16,18,30H,3-4,6,8,11,13,15,17H2,1-2H3;7-8,11,13-14,16,27H,3-6,9-10,12,15H2,1-2H3,(H,28,29);7-8,11,14,28H,3-6,9-10,12-13H2,1-2H3/t;;14-/m..0/s1. The lowest BCUT2D eigenvalue weighted by Gasteiger charge is -2.13. The molecule has 0 fully saturated rings. The van der Waals surface area contributed by atoms with Gasteiger partial charge in [-0.15, -0.1) is 68.0 Å².